The van der Waals surface area contributed by atoms with Crippen molar-refractivity contribution in [1.82, 2.24) is 4.90 Å². The number of hydrogen-bond donors (Lipinski definition) is 0. The van der Waals surface area contributed by atoms with Crippen molar-refractivity contribution in [3.05, 3.63) is 0 Å². The van der Waals surface area contributed by atoms with Gasteiger partial charge in [0, 0.05) is 45.8 Å². The predicted octanol–water partition coefficient (Wildman–Crippen LogP) is 3.64. The minimum Gasteiger partial charge on any atom is -0.461 e. The molecule has 0 spiro atoms. The molecule has 0 N–H and O–H groups in total. The highest BCUT2D eigenvalue weighted by atomic mass is 19.4. The van der Waals surface area contributed by atoms with Gasteiger partial charge in [-0.1, -0.05) is 0 Å². The first-order valence-electron chi connectivity index (χ1n) is 8.08. The fourth-order valence-corrected chi connectivity index (χ4v) is 2.63. The van der Waals surface area contributed by atoms with E-state index in [0.717, 1.165) is 6.92 Å². The zero-order chi connectivity index (χ0) is 20.0. The Morgan fingerprint density at radius 1 is 1.04 bits per heavy atom. The zero-order valence-electron chi connectivity index (χ0n) is 14.3. The Hall–Kier alpha value is -1.10. The number of hydrogen-bond acceptors (Lipinski definition) is 4. The Morgan fingerprint density at radius 3 is 2.08 bits per heavy atom. The van der Waals surface area contributed by atoms with Gasteiger partial charge in [0.1, 0.15) is 12.5 Å². The maximum atomic E-state index is 14.0. The molecule has 0 aromatic rings. The van der Waals surface area contributed by atoms with E-state index in [1.54, 1.807) is 4.90 Å². The minimum absolute atomic E-state index is 0.0303. The molecule has 4 nitrogen and oxygen atoms in total. The zero-order valence-corrected chi connectivity index (χ0v) is 14.3. The monoisotopic (exact) mass is 397 g/mol. The lowest BCUT2D eigenvalue weighted by molar-refractivity contribution is -0.194. The van der Waals surface area contributed by atoms with Gasteiger partial charge in [0.25, 0.3) is 11.8 Å². The van der Waals surface area contributed by atoms with E-state index in [9.17, 15) is 35.5 Å². The number of alkyl halides is 7. The fourth-order valence-electron chi connectivity index (χ4n) is 2.63. The molecule has 26 heavy (non-hydrogen) atoms. The number of nitrogens with zero attached hydrogens (tertiary/aromatic N) is 1. The molecule has 0 aliphatic carbocycles. The largest absolute Gasteiger partial charge is 0.461 e. The Labute approximate surface area is 146 Å². The van der Waals surface area contributed by atoms with Crippen LogP contribution in [0.25, 0.3) is 0 Å². The summed E-state index contributed by atoms with van der Waals surface area (Å²) >= 11 is 0. The second-order valence-electron chi connectivity index (χ2n) is 6.35. The quantitative estimate of drug-likeness (QED) is 0.440. The molecule has 0 radical (unpaired) electrons. The van der Waals surface area contributed by atoms with Gasteiger partial charge in [-0.05, 0) is 0 Å². The van der Waals surface area contributed by atoms with E-state index in [0.29, 0.717) is 26.3 Å². The van der Waals surface area contributed by atoms with Crippen molar-refractivity contribution in [2.75, 3.05) is 32.8 Å². The summed E-state index contributed by atoms with van der Waals surface area (Å²) < 4.78 is 100. The summed E-state index contributed by atoms with van der Waals surface area (Å²) in [6, 6.07) is 0. The van der Waals surface area contributed by atoms with Crippen LogP contribution in [0.5, 0.6) is 0 Å². The van der Waals surface area contributed by atoms with Crippen molar-refractivity contribution in [1.29, 1.82) is 0 Å². The van der Waals surface area contributed by atoms with Gasteiger partial charge in [-0.3, -0.25) is 9.69 Å². The van der Waals surface area contributed by atoms with Gasteiger partial charge in [-0.15, -0.1) is 0 Å². The SMILES string of the molecule is CC(=O)OC(CN1CCOCC1)CC(F)(F)CCC(F)(F)CC(F)(F)F. The van der Waals surface area contributed by atoms with Crippen LogP contribution < -0.4 is 0 Å². The van der Waals surface area contributed by atoms with Crippen LogP contribution in [0.1, 0.15) is 32.6 Å². The lowest BCUT2D eigenvalue weighted by Gasteiger charge is -2.31. The number of halogens is 7. The molecule has 0 aromatic carbocycles. The minimum atomic E-state index is -5.14. The Bertz CT molecular complexity index is 451. The third kappa shape index (κ3) is 10.1. The lowest BCUT2D eigenvalue weighted by atomic mass is 10.0. The standard InChI is InChI=1S/C15H22F7NO3/c1-11(24)26-12(9-23-4-6-25-7-5-23)8-13(16,17)2-3-14(18,19)10-15(20,21)22/h12H,2-10H2,1H3. The van der Waals surface area contributed by atoms with Crippen molar-refractivity contribution in [3.63, 3.8) is 0 Å². The number of rotatable bonds is 9. The van der Waals surface area contributed by atoms with E-state index in [1.165, 1.54) is 0 Å². The molecule has 11 heteroatoms. The molecule has 1 unspecified atom stereocenters. The van der Waals surface area contributed by atoms with E-state index < -0.39 is 55.8 Å². The van der Waals surface area contributed by atoms with Crippen LogP contribution in [-0.4, -0.2) is 67.8 Å². The molecule has 0 aromatic heterocycles. The van der Waals surface area contributed by atoms with E-state index in [1.807, 2.05) is 0 Å². The van der Waals surface area contributed by atoms with Crippen LogP contribution in [-0.2, 0) is 14.3 Å². The van der Waals surface area contributed by atoms with E-state index >= 15 is 0 Å². The molecule has 1 saturated heterocycles. The molecular weight excluding hydrogens is 375 g/mol. The fraction of sp³-hybridized carbons (Fsp3) is 0.933. The second-order valence-corrected chi connectivity index (χ2v) is 6.35. The Morgan fingerprint density at radius 2 is 1.58 bits per heavy atom. The third-order valence-electron chi connectivity index (χ3n) is 3.74. The van der Waals surface area contributed by atoms with E-state index in [2.05, 4.69) is 0 Å². The smallest absolute Gasteiger partial charge is 0.394 e. The van der Waals surface area contributed by atoms with Crippen LogP contribution in [0.3, 0.4) is 0 Å². The van der Waals surface area contributed by atoms with Gasteiger partial charge in [-0.25, -0.2) is 17.6 Å². The summed E-state index contributed by atoms with van der Waals surface area (Å²) in [5.74, 6) is -8.77. The van der Waals surface area contributed by atoms with Crippen molar-refractivity contribution >= 4 is 5.97 Å². The van der Waals surface area contributed by atoms with E-state index in [-0.39, 0.29) is 6.54 Å². The van der Waals surface area contributed by atoms with Crippen molar-refractivity contribution in [2.24, 2.45) is 0 Å². The third-order valence-corrected chi connectivity index (χ3v) is 3.74. The van der Waals surface area contributed by atoms with Crippen molar-refractivity contribution in [2.45, 2.75) is 56.7 Å². The van der Waals surface area contributed by atoms with Crippen molar-refractivity contribution < 1.29 is 45.0 Å². The van der Waals surface area contributed by atoms with Gasteiger partial charge < -0.3 is 9.47 Å². The van der Waals surface area contributed by atoms with Crippen LogP contribution in [0.15, 0.2) is 0 Å². The maximum Gasteiger partial charge on any atom is 0.394 e. The van der Waals surface area contributed by atoms with Gasteiger partial charge in [0.15, 0.2) is 0 Å². The summed E-state index contributed by atoms with van der Waals surface area (Å²) in [7, 11) is 0. The average Bonchev–Trinajstić information content (AvgIpc) is 2.43. The summed E-state index contributed by atoms with van der Waals surface area (Å²) in [5.41, 5.74) is 0. The van der Waals surface area contributed by atoms with Crippen LogP contribution in [0.2, 0.25) is 0 Å². The van der Waals surface area contributed by atoms with E-state index in [4.69, 9.17) is 9.47 Å². The molecule has 154 valence electrons. The highest BCUT2D eigenvalue weighted by Crippen LogP contribution is 2.38. The number of morpholine rings is 1. The molecule has 1 heterocycles. The summed E-state index contributed by atoms with van der Waals surface area (Å²) in [5, 5.41) is 0. The highest BCUT2D eigenvalue weighted by molar-refractivity contribution is 5.66. The number of esters is 1. The van der Waals surface area contributed by atoms with Gasteiger partial charge >= 0.3 is 12.1 Å². The molecule has 0 bridgehead atoms. The summed E-state index contributed by atoms with van der Waals surface area (Å²) in [6.45, 7) is 2.64. The maximum absolute atomic E-state index is 14.0. The molecule has 1 aliphatic heterocycles. The molecule has 0 saturated carbocycles. The Balaban J connectivity index is 2.61. The summed E-state index contributed by atoms with van der Waals surface area (Å²) in [4.78, 5) is 12.8. The van der Waals surface area contributed by atoms with Gasteiger partial charge in [0.2, 0.25) is 0 Å². The Kier molecular flexibility index (Phi) is 8.12. The van der Waals surface area contributed by atoms with Gasteiger partial charge in [-0.2, -0.15) is 13.2 Å². The molecule has 1 aliphatic rings. The predicted molar refractivity (Wildman–Crippen MR) is 77.2 cm³/mol. The lowest BCUT2D eigenvalue weighted by Crippen LogP contribution is -2.44. The molecule has 1 atom stereocenters. The number of carbonyl (C=O) groups excluding carboxylic acids is 1. The normalized spacial score (nSPS) is 18.6. The topological polar surface area (TPSA) is 38.8 Å². The van der Waals surface area contributed by atoms with Crippen LogP contribution >= 0.6 is 0 Å². The van der Waals surface area contributed by atoms with Gasteiger partial charge in [0.05, 0.1) is 13.2 Å². The number of carbonyl (C=O) groups is 1. The molecule has 1 fully saturated rings. The first kappa shape index (κ1) is 22.9. The first-order chi connectivity index (χ1) is 11.8. The molecule has 1 rings (SSSR count). The highest BCUT2D eigenvalue weighted by Gasteiger charge is 2.46. The summed E-state index contributed by atoms with van der Waals surface area (Å²) in [6.07, 6.45) is -12.9. The van der Waals surface area contributed by atoms with Crippen LogP contribution in [0.4, 0.5) is 30.7 Å². The first-order valence-corrected chi connectivity index (χ1v) is 8.08. The average molecular weight is 397 g/mol. The second kappa shape index (κ2) is 9.20. The number of ether oxygens (including phenoxy) is 2. The molecular formula is C15H22F7NO3. The van der Waals surface area contributed by atoms with Crippen molar-refractivity contribution in [3.8, 4) is 0 Å². The molecule has 0 amide bonds. The van der Waals surface area contributed by atoms with Crippen LogP contribution in [0, 0.1) is 0 Å².